The molecule has 1 aliphatic rings. The van der Waals surface area contributed by atoms with Gasteiger partial charge in [-0.2, -0.15) is 37.4 Å². The molecule has 11 heteroatoms. The highest BCUT2D eigenvalue weighted by molar-refractivity contribution is 6.31. The molecule has 1 aromatic carbocycles. The summed E-state index contributed by atoms with van der Waals surface area (Å²) >= 11 is 6.26. The minimum absolute atomic E-state index is 0.220. The molecule has 0 N–H and O–H groups in total. The zero-order chi connectivity index (χ0) is 23.5. The lowest BCUT2D eigenvalue weighted by atomic mass is 9.94. The monoisotopic (exact) mass is 465 g/mol. The van der Waals surface area contributed by atoms with Crippen molar-refractivity contribution >= 4 is 11.6 Å². The molecule has 3 aromatic rings. The summed E-state index contributed by atoms with van der Waals surface area (Å²) in [5.74, 6) is -3.57. The lowest BCUT2D eigenvalue weighted by Crippen LogP contribution is -2.34. The fraction of sp³-hybridized carbons (Fsp3) is 0.286. The van der Waals surface area contributed by atoms with Crippen molar-refractivity contribution in [1.82, 2.24) is 19.6 Å². The van der Waals surface area contributed by atoms with Crippen molar-refractivity contribution in [3.63, 3.8) is 0 Å². The van der Waals surface area contributed by atoms with E-state index in [-0.39, 0.29) is 5.82 Å². The molecule has 32 heavy (non-hydrogen) atoms. The van der Waals surface area contributed by atoms with E-state index in [1.165, 1.54) is 19.4 Å². The largest absolute Gasteiger partial charge is 0.459 e. The molecule has 0 unspecified atom stereocenters. The molecule has 0 spiro atoms. The number of aryl methyl sites for hydroxylation is 1. The van der Waals surface area contributed by atoms with Crippen LogP contribution in [-0.2, 0) is 18.4 Å². The average Bonchev–Trinajstić information content (AvgIpc) is 3.24. The predicted octanol–water partition coefficient (Wildman–Crippen LogP) is 5.12. The Bertz CT molecular complexity index is 1300. The van der Waals surface area contributed by atoms with Gasteiger partial charge in [0.1, 0.15) is 0 Å². The smallest absolute Gasteiger partial charge is 0.249 e. The summed E-state index contributed by atoms with van der Waals surface area (Å²) < 4.78 is 68.5. The molecule has 0 bridgehead atoms. The van der Waals surface area contributed by atoms with Gasteiger partial charge in [0.2, 0.25) is 0 Å². The van der Waals surface area contributed by atoms with E-state index in [4.69, 9.17) is 18.0 Å². The normalized spacial score (nSPS) is 15.3. The summed E-state index contributed by atoms with van der Waals surface area (Å²) in [6.45, 7) is 0. The standard InChI is InChI=1S/C21H13ClF5N5/c1-3-14-17(20(23,24)21(25,26)27)30-31(2)18(14)32-10-13(9-29-32)12-4-5-16(22)15(8-12)19(11-28)6-7-19/h1,4-5,8-10H,6-7H2,2H3. The molecule has 1 aliphatic carbocycles. The van der Waals surface area contributed by atoms with Crippen LogP contribution in [0.25, 0.3) is 16.9 Å². The van der Waals surface area contributed by atoms with Gasteiger partial charge >= 0.3 is 12.1 Å². The van der Waals surface area contributed by atoms with Crippen LogP contribution in [0, 0.1) is 23.7 Å². The summed E-state index contributed by atoms with van der Waals surface area (Å²) in [4.78, 5) is 0. The zero-order valence-electron chi connectivity index (χ0n) is 16.4. The number of benzene rings is 1. The Morgan fingerprint density at radius 1 is 1.19 bits per heavy atom. The minimum Gasteiger partial charge on any atom is -0.249 e. The quantitative estimate of drug-likeness (QED) is 0.397. The topological polar surface area (TPSA) is 59.4 Å². The molecule has 1 fully saturated rings. The molecule has 4 rings (SSSR count). The van der Waals surface area contributed by atoms with Crippen molar-refractivity contribution in [2.75, 3.05) is 0 Å². The number of aromatic nitrogens is 4. The van der Waals surface area contributed by atoms with Crippen LogP contribution in [0.15, 0.2) is 30.6 Å². The number of hydrogen-bond acceptors (Lipinski definition) is 3. The van der Waals surface area contributed by atoms with Crippen LogP contribution < -0.4 is 0 Å². The molecule has 0 radical (unpaired) electrons. The Balaban J connectivity index is 1.79. The van der Waals surface area contributed by atoms with E-state index in [2.05, 4.69) is 16.3 Å². The fourth-order valence-corrected chi connectivity index (χ4v) is 3.79. The summed E-state index contributed by atoms with van der Waals surface area (Å²) in [5, 5.41) is 17.3. The van der Waals surface area contributed by atoms with Crippen LogP contribution >= 0.6 is 11.6 Å². The third kappa shape index (κ3) is 3.23. The van der Waals surface area contributed by atoms with Crippen molar-refractivity contribution in [3.05, 3.63) is 52.4 Å². The van der Waals surface area contributed by atoms with Crippen LogP contribution in [0.4, 0.5) is 22.0 Å². The van der Waals surface area contributed by atoms with E-state index in [1.54, 1.807) is 18.2 Å². The van der Waals surface area contributed by atoms with E-state index >= 15 is 0 Å². The Hall–Kier alpha value is -3.37. The molecule has 0 aliphatic heterocycles. The first-order valence-electron chi connectivity index (χ1n) is 9.20. The number of nitriles is 1. The molecular formula is C21H13ClF5N5. The fourth-order valence-electron chi connectivity index (χ4n) is 3.49. The second-order valence-corrected chi connectivity index (χ2v) is 7.86. The van der Waals surface area contributed by atoms with Crippen LogP contribution in [0.5, 0.6) is 0 Å². The first-order chi connectivity index (χ1) is 14.9. The maximum absolute atomic E-state index is 14.0. The van der Waals surface area contributed by atoms with Crippen LogP contribution in [0.1, 0.15) is 29.7 Å². The lowest BCUT2D eigenvalue weighted by Gasteiger charge is -2.17. The average molecular weight is 466 g/mol. The highest BCUT2D eigenvalue weighted by Gasteiger charge is 2.62. The van der Waals surface area contributed by atoms with Crippen LogP contribution in [0.3, 0.4) is 0 Å². The predicted molar refractivity (Wildman–Crippen MR) is 105 cm³/mol. The van der Waals surface area contributed by atoms with Gasteiger partial charge in [0, 0.05) is 23.8 Å². The SMILES string of the molecule is C#Cc1c(C(F)(F)C(F)(F)F)nn(C)c1-n1cc(-c2ccc(Cl)c(C3(C#N)CC3)c2)cn1. The first kappa shape index (κ1) is 21.8. The Morgan fingerprint density at radius 2 is 1.88 bits per heavy atom. The third-order valence-electron chi connectivity index (χ3n) is 5.39. The van der Waals surface area contributed by atoms with Crippen molar-refractivity contribution < 1.29 is 22.0 Å². The van der Waals surface area contributed by atoms with Crippen LogP contribution in [-0.4, -0.2) is 25.7 Å². The van der Waals surface area contributed by atoms with Gasteiger partial charge in [0.25, 0.3) is 0 Å². The van der Waals surface area contributed by atoms with E-state index in [0.29, 0.717) is 34.6 Å². The van der Waals surface area contributed by atoms with Crippen molar-refractivity contribution in [2.45, 2.75) is 30.4 Å². The van der Waals surface area contributed by atoms with E-state index in [1.807, 2.05) is 5.92 Å². The Morgan fingerprint density at radius 3 is 2.44 bits per heavy atom. The van der Waals surface area contributed by atoms with Gasteiger partial charge in [-0.05, 0) is 36.1 Å². The molecule has 164 valence electrons. The van der Waals surface area contributed by atoms with E-state index in [0.717, 1.165) is 9.36 Å². The summed E-state index contributed by atoms with van der Waals surface area (Å²) in [6, 6.07) is 7.34. The summed E-state index contributed by atoms with van der Waals surface area (Å²) in [6.07, 6.45) is 3.60. The van der Waals surface area contributed by atoms with Crippen LogP contribution in [0.2, 0.25) is 5.02 Å². The Labute approximate surface area is 184 Å². The van der Waals surface area contributed by atoms with E-state index < -0.39 is 28.8 Å². The van der Waals surface area contributed by atoms with Crippen molar-refractivity contribution in [2.24, 2.45) is 7.05 Å². The van der Waals surface area contributed by atoms with Gasteiger partial charge < -0.3 is 0 Å². The van der Waals surface area contributed by atoms with Gasteiger partial charge in [-0.15, -0.1) is 6.42 Å². The summed E-state index contributed by atoms with van der Waals surface area (Å²) in [5.41, 5.74) is -1.10. The summed E-state index contributed by atoms with van der Waals surface area (Å²) in [7, 11) is 1.19. The molecule has 0 saturated heterocycles. The number of halogens is 6. The molecular weight excluding hydrogens is 453 g/mol. The van der Waals surface area contributed by atoms with Crippen molar-refractivity contribution in [1.29, 1.82) is 5.26 Å². The number of terminal acetylenes is 1. The number of hydrogen-bond donors (Lipinski definition) is 0. The molecule has 2 heterocycles. The van der Waals surface area contributed by atoms with Crippen molar-refractivity contribution in [3.8, 4) is 35.4 Å². The lowest BCUT2D eigenvalue weighted by molar-refractivity contribution is -0.291. The molecule has 1 saturated carbocycles. The van der Waals surface area contributed by atoms with Gasteiger partial charge in [-0.3, -0.25) is 0 Å². The Kier molecular flexibility index (Phi) is 4.83. The van der Waals surface area contributed by atoms with Gasteiger partial charge in [0.15, 0.2) is 11.5 Å². The number of nitrogens with zero attached hydrogens (tertiary/aromatic N) is 5. The second-order valence-electron chi connectivity index (χ2n) is 7.45. The third-order valence-corrected chi connectivity index (χ3v) is 5.72. The number of alkyl halides is 5. The first-order valence-corrected chi connectivity index (χ1v) is 9.58. The maximum Gasteiger partial charge on any atom is 0.459 e. The minimum atomic E-state index is -5.86. The number of rotatable bonds is 4. The maximum atomic E-state index is 14.0. The second kappa shape index (κ2) is 7.07. The molecule has 0 atom stereocenters. The van der Waals surface area contributed by atoms with Gasteiger partial charge in [-0.1, -0.05) is 23.6 Å². The highest BCUT2D eigenvalue weighted by atomic mass is 35.5. The van der Waals surface area contributed by atoms with Gasteiger partial charge in [-0.25, -0.2) is 9.36 Å². The zero-order valence-corrected chi connectivity index (χ0v) is 17.1. The van der Waals surface area contributed by atoms with E-state index in [9.17, 15) is 27.2 Å². The molecule has 2 aromatic heterocycles. The van der Waals surface area contributed by atoms with Gasteiger partial charge in [0.05, 0.1) is 23.2 Å². The highest BCUT2D eigenvalue weighted by Crippen LogP contribution is 2.50. The molecule has 0 amide bonds. The molecule has 5 nitrogen and oxygen atoms in total.